The molecule has 14 heteroatoms. The number of ketones is 2. The van der Waals surface area contributed by atoms with E-state index in [1.165, 1.54) is 11.0 Å². The fraction of sp³-hybridized carbons (Fsp3) is 0.417. The zero-order valence-corrected chi connectivity index (χ0v) is 23.7. The summed E-state index contributed by atoms with van der Waals surface area (Å²) in [5.41, 5.74) is 1.76. The maximum absolute atomic E-state index is 13.6. The molecule has 11 nitrogen and oxygen atoms in total. The van der Waals surface area contributed by atoms with E-state index in [9.17, 15) is 39.6 Å². The summed E-state index contributed by atoms with van der Waals surface area (Å²) in [6, 6.07) is 1.99. The number of aromatic hydroxyl groups is 1. The topological polar surface area (TPSA) is 190 Å². The van der Waals surface area contributed by atoms with Crippen LogP contribution < -0.4 is 11.1 Å². The van der Waals surface area contributed by atoms with Crippen molar-refractivity contribution in [1.29, 1.82) is 0 Å². The molecule has 38 heavy (non-hydrogen) atoms. The molecule has 0 fully saturated rings. The summed E-state index contributed by atoms with van der Waals surface area (Å²) in [5.74, 6) is -7.67. The van der Waals surface area contributed by atoms with Gasteiger partial charge in [-0.1, -0.05) is 22.0 Å². The molecule has 1 aromatic rings. The van der Waals surface area contributed by atoms with Gasteiger partial charge in [0.25, 0.3) is 5.91 Å². The fourth-order valence-corrected chi connectivity index (χ4v) is 5.67. The summed E-state index contributed by atoms with van der Waals surface area (Å²) in [4.78, 5) is 51.9. The predicted molar refractivity (Wildman–Crippen MR) is 145 cm³/mol. The Balaban J connectivity index is 0.00000253. The number of halogens is 3. The molecule has 0 spiro atoms. The van der Waals surface area contributed by atoms with Gasteiger partial charge < -0.3 is 31.5 Å². The molecule has 3 unspecified atom stereocenters. The number of carbonyl (C=O) groups excluding carboxylic acids is 4. The molecule has 0 radical (unpaired) electrons. The molecule has 4 rings (SSSR count). The molecule has 2 amide bonds. The van der Waals surface area contributed by atoms with E-state index in [0.29, 0.717) is 5.56 Å². The van der Waals surface area contributed by atoms with Crippen LogP contribution in [0.15, 0.2) is 34.8 Å². The first-order valence-electron chi connectivity index (χ1n) is 11.2. The average molecular weight is 637 g/mol. The minimum Gasteiger partial charge on any atom is -0.510 e. The van der Waals surface area contributed by atoms with Gasteiger partial charge in [0.1, 0.15) is 17.1 Å². The number of amides is 2. The number of likely N-dealkylation sites (N-methyl/N-ethyl adjacent to an activating group) is 1. The van der Waals surface area contributed by atoms with E-state index in [1.807, 2.05) is 0 Å². The summed E-state index contributed by atoms with van der Waals surface area (Å²) in [6.07, 6.45) is 0.178. The maximum atomic E-state index is 13.6. The van der Waals surface area contributed by atoms with Crippen LogP contribution in [0, 0.1) is 11.8 Å². The van der Waals surface area contributed by atoms with E-state index >= 15 is 0 Å². The van der Waals surface area contributed by atoms with E-state index < -0.39 is 74.5 Å². The van der Waals surface area contributed by atoms with E-state index in [0.717, 1.165) is 0 Å². The molecule has 1 aromatic carbocycles. The number of benzene rings is 1. The summed E-state index contributed by atoms with van der Waals surface area (Å²) in [6.45, 7) is 1.58. The Morgan fingerprint density at radius 3 is 2.32 bits per heavy atom. The Morgan fingerprint density at radius 2 is 1.79 bits per heavy atom. The average Bonchev–Trinajstić information content (AvgIpc) is 2.77. The number of hydrogen-bond donors (Lipinski definition) is 6. The standard InChI is InChI=1S/C24H26BrN3O8.2ClH/c1-8(25)23(35)27-12-5-4-9-6-10-7-11-16(28(2)3)19(31)15(22(26)34)21(33)24(11,36)20(32)14(10)18(30)13(9)17(12)29;;/h4-5,8,10-11,16,29,31-32,36H,6-7H2,1-3H3,(H2,26,34)(H,27,35);2*1H/t8?,10?,11?,16-,24-;;/m0../s1. The smallest absolute Gasteiger partial charge is 0.255 e. The highest BCUT2D eigenvalue weighted by Crippen LogP contribution is 2.52. The summed E-state index contributed by atoms with van der Waals surface area (Å²) in [5, 5.41) is 46.9. The van der Waals surface area contributed by atoms with Crippen LogP contribution >= 0.6 is 40.7 Å². The van der Waals surface area contributed by atoms with Gasteiger partial charge in [0.2, 0.25) is 11.7 Å². The minimum absolute atomic E-state index is 0. The molecule has 3 aliphatic rings. The van der Waals surface area contributed by atoms with Crippen molar-refractivity contribution in [3.63, 3.8) is 0 Å². The number of nitrogens with zero attached hydrogens (tertiary/aromatic N) is 1. The number of phenols is 1. The van der Waals surface area contributed by atoms with Crippen molar-refractivity contribution in [1.82, 2.24) is 4.90 Å². The zero-order chi connectivity index (χ0) is 26.9. The number of alkyl halides is 1. The molecule has 0 aliphatic heterocycles. The second kappa shape index (κ2) is 10.9. The second-order valence-electron chi connectivity index (χ2n) is 9.56. The number of primary amides is 1. The predicted octanol–water partition coefficient (Wildman–Crippen LogP) is 1.69. The number of aliphatic hydroxyl groups excluding tert-OH is 2. The first kappa shape index (κ1) is 31.6. The second-order valence-corrected chi connectivity index (χ2v) is 10.9. The molecule has 0 heterocycles. The monoisotopic (exact) mass is 635 g/mol. The van der Waals surface area contributed by atoms with Crippen LogP contribution in [-0.4, -0.2) is 79.3 Å². The van der Waals surface area contributed by atoms with Crippen molar-refractivity contribution in [2.24, 2.45) is 17.6 Å². The number of Topliss-reactive ketones (excluding diaryl/α,β-unsaturated/α-hetero) is 2. The van der Waals surface area contributed by atoms with Gasteiger partial charge >= 0.3 is 0 Å². The SMILES string of the molecule is CC(Br)C(=O)Nc1ccc2c(c1O)C(=O)C1=C(O)[C@]3(O)C(=O)C(C(N)=O)=C(O)[C@@H](N(C)C)C3CC1C2.Cl.Cl. The van der Waals surface area contributed by atoms with Crippen molar-refractivity contribution < 1.29 is 39.6 Å². The third-order valence-corrected chi connectivity index (χ3v) is 7.63. The maximum Gasteiger partial charge on any atom is 0.255 e. The Bertz CT molecular complexity index is 1300. The number of rotatable bonds is 4. The van der Waals surface area contributed by atoms with Gasteiger partial charge in [-0.3, -0.25) is 24.1 Å². The molecule has 7 N–H and O–H groups in total. The largest absolute Gasteiger partial charge is 0.510 e. The summed E-state index contributed by atoms with van der Waals surface area (Å²) >= 11 is 3.12. The van der Waals surface area contributed by atoms with Crippen LogP contribution in [0.3, 0.4) is 0 Å². The molecular formula is C24H28BrCl2N3O8. The number of hydrogen-bond acceptors (Lipinski definition) is 9. The Labute approximate surface area is 238 Å². The lowest BCUT2D eigenvalue weighted by atomic mass is 9.58. The number of anilines is 1. The number of phenolic OH excluding ortho intramolecular Hbond substituents is 1. The highest BCUT2D eigenvalue weighted by Gasteiger charge is 2.63. The number of fused-ring (bicyclic) bond motifs is 3. The van der Waals surface area contributed by atoms with Crippen LogP contribution in [0.25, 0.3) is 0 Å². The van der Waals surface area contributed by atoms with Crippen molar-refractivity contribution in [2.75, 3.05) is 19.4 Å². The first-order chi connectivity index (χ1) is 16.7. The quantitative estimate of drug-likeness (QED) is 0.162. The number of nitrogens with two attached hydrogens (primary N) is 1. The Kier molecular flexibility index (Phi) is 9.02. The van der Waals surface area contributed by atoms with Gasteiger partial charge in [-0.25, -0.2) is 0 Å². The van der Waals surface area contributed by atoms with E-state index in [1.54, 1.807) is 27.1 Å². The van der Waals surface area contributed by atoms with Crippen LogP contribution in [-0.2, 0) is 20.8 Å². The lowest BCUT2D eigenvalue weighted by Gasteiger charge is -2.50. The van der Waals surface area contributed by atoms with Gasteiger partial charge in [0.15, 0.2) is 17.1 Å². The first-order valence-corrected chi connectivity index (χ1v) is 12.1. The normalized spacial score (nSPS) is 26.9. The summed E-state index contributed by atoms with van der Waals surface area (Å²) in [7, 11) is 3.13. The van der Waals surface area contributed by atoms with Crippen LogP contribution in [0.1, 0.15) is 29.3 Å². The highest BCUT2D eigenvalue weighted by atomic mass is 79.9. The van der Waals surface area contributed by atoms with Crippen molar-refractivity contribution >= 4 is 69.8 Å². The Hall–Kier alpha value is -2.64. The number of carbonyl (C=O) groups is 4. The van der Waals surface area contributed by atoms with Crippen molar-refractivity contribution in [3.05, 3.63) is 45.9 Å². The Morgan fingerprint density at radius 1 is 1.18 bits per heavy atom. The van der Waals surface area contributed by atoms with E-state index in [4.69, 9.17) is 5.73 Å². The van der Waals surface area contributed by atoms with Gasteiger partial charge in [-0.05, 0) is 51.4 Å². The van der Waals surface area contributed by atoms with E-state index in [-0.39, 0.29) is 54.5 Å². The molecule has 5 atom stereocenters. The molecule has 0 saturated carbocycles. The molecular weight excluding hydrogens is 609 g/mol. The number of nitrogens with one attached hydrogen (secondary N) is 1. The van der Waals surface area contributed by atoms with Crippen LogP contribution in [0.5, 0.6) is 5.75 Å². The lowest BCUT2D eigenvalue weighted by molar-refractivity contribution is -0.148. The van der Waals surface area contributed by atoms with Crippen LogP contribution in [0.2, 0.25) is 0 Å². The van der Waals surface area contributed by atoms with Crippen molar-refractivity contribution in [3.8, 4) is 5.75 Å². The molecule has 3 aliphatic carbocycles. The van der Waals surface area contributed by atoms with E-state index in [2.05, 4.69) is 21.2 Å². The molecule has 0 saturated heterocycles. The number of aliphatic hydroxyl groups is 3. The number of allylic oxidation sites excluding steroid dienone is 1. The lowest BCUT2D eigenvalue weighted by Crippen LogP contribution is -2.63. The summed E-state index contributed by atoms with van der Waals surface area (Å²) < 4.78 is 0. The van der Waals surface area contributed by atoms with Crippen LogP contribution in [0.4, 0.5) is 5.69 Å². The van der Waals surface area contributed by atoms with Gasteiger partial charge in [-0.2, -0.15) is 0 Å². The van der Waals surface area contributed by atoms with Gasteiger partial charge in [0, 0.05) is 11.5 Å². The fourth-order valence-electron chi connectivity index (χ4n) is 5.56. The molecule has 0 bridgehead atoms. The zero-order valence-electron chi connectivity index (χ0n) is 20.5. The third-order valence-electron chi connectivity index (χ3n) is 7.21. The van der Waals surface area contributed by atoms with Gasteiger partial charge in [0.05, 0.1) is 22.1 Å². The highest BCUT2D eigenvalue weighted by molar-refractivity contribution is 9.10. The molecule has 0 aromatic heterocycles. The van der Waals surface area contributed by atoms with Gasteiger partial charge in [-0.15, -0.1) is 24.8 Å². The minimum atomic E-state index is -2.70. The molecule has 208 valence electrons. The van der Waals surface area contributed by atoms with Crippen molar-refractivity contribution in [2.45, 2.75) is 36.2 Å². The third kappa shape index (κ3) is 4.47.